The minimum absolute atomic E-state index is 0.0342. The van der Waals surface area contributed by atoms with Gasteiger partial charge in [0.15, 0.2) is 10.8 Å². The van der Waals surface area contributed by atoms with Crippen molar-refractivity contribution >= 4 is 39.5 Å². The topological polar surface area (TPSA) is 116 Å². The maximum Gasteiger partial charge on any atom is 0.298 e. The molecular formula is C12H12N6O3S. The number of hydrazine groups is 2. The molecule has 22 heavy (non-hydrogen) atoms. The van der Waals surface area contributed by atoms with Crippen molar-refractivity contribution in [2.75, 3.05) is 23.0 Å². The van der Waals surface area contributed by atoms with E-state index in [0.29, 0.717) is 22.2 Å². The zero-order chi connectivity index (χ0) is 15.7. The first-order chi connectivity index (χ1) is 10.6. The highest BCUT2D eigenvalue weighted by Crippen LogP contribution is 2.32. The second-order valence-electron chi connectivity index (χ2n) is 4.23. The molecule has 0 spiro atoms. The third-order valence-corrected chi connectivity index (χ3v) is 3.57. The highest BCUT2D eigenvalue weighted by Gasteiger charge is 2.33. The predicted octanol–water partition coefficient (Wildman–Crippen LogP) is 0.738. The number of amides is 1. The first-order valence-electron chi connectivity index (χ1n) is 6.13. The first-order valence-corrected chi connectivity index (χ1v) is 7.01. The number of aromatic nitrogens is 1. The van der Waals surface area contributed by atoms with E-state index < -0.39 is 5.91 Å². The smallest absolute Gasteiger partial charge is 0.298 e. The Labute approximate surface area is 129 Å². The van der Waals surface area contributed by atoms with Crippen LogP contribution in [0.2, 0.25) is 0 Å². The van der Waals surface area contributed by atoms with Crippen LogP contribution in [0.4, 0.5) is 16.5 Å². The fraction of sp³-hybridized carbons (Fsp3) is 0.0833. The summed E-state index contributed by atoms with van der Waals surface area (Å²) in [6.45, 7) is 0. The molecule has 0 bridgehead atoms. The van der Waals surface area contributed by atoms with Gasteiger partial charge in [0.1, 0.15) is 18.5 Å². The van der Waals surface area contributed by atoms with Crippen LogP contribution in [0.5, 0.6) is 0 Å². The second kappa shape index (κ2) is 5.60. The van der Waals surface area contributed by atoms with Gasteiger partial charge in [0.05, 0.1) is 5.69 Å². The summed E-state index contributed by atoms with van der Waals surface area (Å²) in [7, 11) is 1.33. The zero-order valence-corrected chi connectivity index (χ0v) is 12.2. The summed E-state index contributed by atoms with van der Waals surface area (Å²) >= 11 is 1.18. The third-order valence-electron chi connectivity index (χ3n) is 2.90. The molecule has 1 aromatic heterocycles. The van der Waals surface area contributed by atoms with Gasteiger partial charge in [-0.05, 0) is 12.1 Å². The van der Waals surface area contributed by atoms with Gasteiger partial charge < -0.3 is 10.6 Å². The van der Waals surface area contributed by atoms with Crippen LogP contribution in [0.25, 0.3) is 0 Å². The lowest BCUT2D eigenvalue weighted by atomic mass is 10.2. The average molecular weight is 320 g/mol. The predicted molar refractivity (Wildman–Crippen MR) is 81.4 cm³/mol. The summed E-state index contributed by atoms with van der Waals surface area (Å²) in [6, 6.07) is 6.82. The lowest BCUT2D eigenvalue weighted by Gasteiger charge is -2.17. The van der Waals surface area contributed by atoms with Crippen LogP contribution in [-0.4, -0.2) is 28.9 Å². The number of para-hydroxylation sites is 2. The van der Waals surface area contributed by atoms with Crippen LogP contribution in [0, 0.1) is 0 Å². The van der Waals surface area contributed by atoms with Gasteiger partial charge in [0, 0.05) is 5.38 Å². The summed E-state index contributed by atoms with van der Waals surface area (Å²) in [5, 5.41) is 17.3. The van der Waals surface area contributed by atoms with Gasteiger partial charge in [-0.2, -0.15) is 5.17 Å². The van der Waals surface area contributed by atoms with Gasteiger partial charge in [-0.25, -0.2) is 9.99 Å². The van der Waals surface area contributed by atoms with E-state index in [4.69, 9.17) is 10.6 Å². The molecule has 4 N–H and O–H groups in total. The highest BCUT2D eigenvalue weighted by molar-refractivity contribution is 7.13. The summed E-state index contributed by atoms with van der Waals surface area (Å²) in [6.07, 6.45) is 0. The van der Waals surface area contributed by atoms with Crippen molar-refractivity contribution in [3.05, 3.63) is 35.3 Å². The minimum Gasteiger partial charge on any atom is -0.398 e. The molecular weight excluding hydrogens is 308 g/mol. The van der Waals surface area contributed by atoms with Crippen LogP contribution in [-0.2, 0) is 9.63 Å². The Hall–Kier alpha value is -2.69. The van der Waals surface area contributed by atoms with Crippen LogP contribution >= 0.6 is 11.3 Å². The monoisotopic (exact) mass is 320 g/mol. The van der Waals surface area contributed by atoms with E-state index in [0.717, 1.165) is 10.2 Å². The molecule has 0 atom stereocenters. The maximum atomic E-state index is 12.7. The number of hydrogen-bond donors (Lipinski definition) is 3. The Morgan fingerprint density at radius 2 is 2.18 bits per heavy atom. The molecule has 1 aliphatic rings. The van der Waals surface area contributed by atoms with Gasteiger partial charge in [0.25, 0.3) is 5.91 Å². The number of hydrogen-bond acceptors (Lipinski definition) is 9. The molecule has 0 saturated carbocycles. The Morgan fingerprint density at radius 1 is 1.45 bits per heavy atom. The quantitative estimate of drug-likeness (QED) is 0.564. The van der Waals surface area contributed by atoms with Crippen LogP contribution in [0.15, 0.2) is 34.8 Å². The Balaban J connectivity index is 1.98. The molecule has 0 unspecified atom stereocenters. The molecule has 9 nitrogen and oxygen atoms in total. The number of fused-ring (bicyclic) bond motifs is 1. The lowest BCUT2D eigenvalue weighted by molar-refractivity contribution is -0.113. The zero-order valence-electron chi connectivity index (χ0n) is 11.4. The maximum absolute atomic E-state index is 12.7. The molecule has 0 aliphatic carbocycles. The van der Waals surface area contributed by atoms with E-state index in [1.807, 2.05) is 0 Å². The lowest BCUT2D eigenvalue weighted by Crippen LogP contribution is -2.49. The fourth-order valence-electron chi connectivity index (χ4n) is 1.98. The summed E-state index contributed by atoms with van der Waals surface area (Å²) < 4.78 is 0. The number of thiazole rings is 1. The van der Waals surface area contributed by atoms with Gasteiger partial charge in [0.2, 0.25) is 0 Å². The van der Waals surface area contributed by atoms with Crippen molar-refractivity contribution in [2.24, 2.45) is 5.16 Å². The standard InChI is InChI=1S/C12H12N6O3S/c1-21-15-10(7-6-22-12(13)14-7)11(19)17-8-4-2-3-5-9(8)18(20)16-17/h2-6,16,20H,1H3,(H2,13,14)/b15-10-. The molecule has 1 amide bonds. The number of nitrogen functional groups attached to an aromatic ring is 1. The van der Waals surface area contributed by atoms with Crippen molar-refractivity contribution in [3.8, 4) is 0 Å². The second-order valence-corrected chi connectivity index (χ2v) is 5.12. The van der Waals surface area contributed by atoms with Crippen LogP contribution in [0.1, 0.15) is 5.69 Å². The number of carbonyl (C=O) groups excluding carboxylic acids is 1. The number of anilines is 3. The molecule has 10 heteroatoms. The molecule has 1 aliphatic heterocycles. The Kier molecular flexibility index (Phi) is 3.63. The number of nitrogens with zero attached hydrogens (tertiary/aromatic N) is 4. The van der Waals surface area contributed by atoms with E-state index in [-0.39, 0.29) is 5.71 Å². The van der Waals surface area contributed by atoms with Crippen molar-refractivity contribution in [1.82, 2.24) is 10.5 Å². The van der Waals surface area contributed by atoms with Gasteiger partial charge in [-0.1, -0.05) is 17.3 Å². The van der Waals surface area contributed by atoms with Crippen LogP contribution in [0.3, 0.4) is 0 Å². The highest BCUT2D eigenvalue weighted by atomic mass is 32.1. The molecule has 2 aromatic rings. The van der Waals surface area contributed by atoms with Crippen molar-refractivity contribution in [3.63, 3.8) is 0 Å². The molecule has 114 valence electrons. The van der Waals surface area contributed by atoms with Crippen molar-refractivity contribution < 1.29 is 14.8 Å². The normalized spacial score (nSPS) is 14.2. The number of rotatable bonds is 3. The molecule has 0 saturated heterocycles. The molecule has 3 rings (SSSR count). The van der Waals surface area contributed by atoms with E-state index >= 15 is 0 Å². The fourth-order valence-corrected chi connectivity index (χ4v) is 2.53. The van der Waals surface area contributed by atoms with E-state index in [2.05, 4.69) is 15.7 Å². The number of oxime groups is 1. The summed E-state index contributed by atoms with van der Waals surface area (Å²) in [5.41, 5.74) is 9.27. The number of nitrogens with two attached hydrogens (primary N) is 1. The van der Waals surface area contributed by atoms with Gasteiger partial charge >= 0.3 is 0 Å². The third kappa shape index (κ3) is 2.35. The summed E-state index contributed by atoms with van der Waals surface area (Å²) in [4.78, 5) is 21.4. The number of nitrogens with one attached hydrogen (secondary N) is 1. The Bertz CT molecular complexity index is 746. The average Bonchev–Trinajstić information content (AvgIpc) is 3.09. The van der Waals surface area contributed by atoms with Gasteiger partial charge in [-0.3, -0.25) is 10.0 Å². The van der Waals surface area contributed by atoms with E-state index in [1.165, 1.54) is 18.4 Å². The van der Waals surface area contributed by atoms with E-state index in [9.17, 15) is 10.0 Å². The minimum atomic E-state index is -0.545. The van der Waals surface area contributed by atoms with E-state index in [1.54, 1.807) is 29.6 Å². The molecule has 0 fully saturated rings. The Morgan fingerprint density at radius 3 is 2.82 bits per heavy atom. The van der Waals surface area contributed by atoms with Crippen molar-refractivity contribution in [2.45, 2.75) is 0 Å². The van der Waals surface area contributed by atoms with Gasteiger partial charge in [-0.15, -0.1) is 16.9 Å². The molecule has 2 heterocycles. The SMILES string of the molecule is CO/N=C(\C(=O)N1NN(O)c2ccccc21)c1csc(N)n1. The van der Waals surface area contributed by atoms with Crippen LogP contribution < -0.4 is 21.4 Å². The summed E-state index contributed by atoms with van der Waals surface area (Å²) in [5.74, 6) is -0.545. The molecule has 1 aromatic carbocycles. The largest absolute Gasteiger partial charge is 0.398 e. The van der Waals surface area contributed by atoms with Crippen molar-refractivity contribution in [1.29, 1.82) is 0 Å². The molecule has 0 radical (unpaired) electrons. The number of benzene rings is 1. The first kappa shape index (κ1) is 14.3. The number of carbonyl (C=O) groups is 1.